The number of aryl methyl sites for hydroxylation is 2. The summed E-state index contributed by atoms with van der Waals surface area (Å²) >= 11 is 0. The number of oxazole rings is 1. The molecule has 0 spiro atoms. The van der Waals surface area contributed by atoms with Gasteiger partial charge in [-0.1, -0.05) is 12.1 Å². The zero-order valence-corrected chi connectivity index (χ0v) is 19.3. The Labute approximate surface area is 193 Å². The molecule has 3 aromatic rings. The Kier molecular flexibility index (Phi) is 6.96. The number of ether oxygens (including phenoxy) is 1. The fourth-order valence-electron chi connectivity index (χ4n) is 3.88. The second kappa shape index (κ2) is 10.1. The van der Waals surface area contributed by atoms with Crippen LogP contribution in [0, 0.1) is 13.8 Å². The lowest BCUT2D eigenvalue weighted by Crippen LogP contribution is -2.45. The molecule has 0 atom stereocenters. The van der Waals surface area contributed by atoms with Crippen molar-refractivity contribution < 1.29 is 19.1 Å². The van der Waals surface area contributed by atoms with Crippen LogP contribution in [-0.4, -0.2) is 59.1 Å². The Morgan fingerprint density at radius 2 is 1.79 bits per heavy atom. The van der Waals surface area contributed by atoms with Gasteiger partial charge in [0.15, 0.2) is 17.2 Å². The number of carbonyl (C=O) groups excluding carboxylic acids is 1. The molecule has 1 aliphatic heterocycles. The number of phenols is 1. The van der Waals surface area contributed by atoms with Crippen molar-refractivity contribution in [3.8, 4) is 11.5 Å². The van der Waals surface area contributed by atoms with Gasteiger partial charge in [-0.25, -0.2) is 4.98 Å². The normalized spacial score (nSPS) is 14.9. The van der Waals surface area contributed by atoms with Crippen LogP contribution in [0.2, 0.25) is 0 Å². The lowest BCUT2D eigenvalue weighted by Gasteiger charge is -2.34. The summed E-state index contributed by atoms with van der Waals surface area (Å²) in [6.45, 7) is 8.98. The van der Waals surface area contributed by atoms with Gasteiger partial charge >= 0.3 is 0 Å². The summed E-state index contributed by atoms with van der Waals surface area (Å²) in [5.74, 6) is 0.908. The average Bonchev–Trinajstić information content (AvgIpc) is 3.27. The van der Waals surface area contributed by atoms with Gasteiger partial charge in [0.2, 0.25) is 5.89 Å². The molecule has 1 saturated heterocycles. The van der Waals surface area contributed by atoms with E-state index >= 15 is 0 Å². The van der Waals surface area contributed by atoms with Gasteiger partial charge in [-0.05, 0) is 54.8 Å². The minimum Gasteiger partial charge on any atom is -0.504 e. The number of anilines is 1. The maximum absolute atomic E-state index is 12.5. The van der Waals surface area contributed by atoms with Crippen LogP contribution in [0.3, 0.4) is 0 Å². The van der Waals surface area contributed by atoms with E-state index in [0.29, 0.717) is 18.2 Å². The van der Waals surface area contributed by atoms with E-state index in [0.717, 1.165) is 49.5 Å². The molecule has 1 fully saturated rings. The molecule has 2 aromatic carbocycles. The number of hydrogen-bond acceptors (Lipinski definition) is 7. The highest BCUT2D eigenvalue weighted by Gasteiger charge is 2.20. The molecule has 174 valence electrons. The molecule has 8 heteroatoms. The number of carbonyl (C=O) groups is 1. The third kappa shape index (κ3) is 5.71. The van der Waals surface area contributed by atoms with Gasteiger partial charge in [0, 0.05) is 38.4 Å². The highest BCUT2D eigenvalue weighted by Crippen LogP contribution is 2.27. The van der Waals surface area contributed by atoms with Crippen molar-refractivity contribution in [2.24, 2.45) is 0 Å². The van der Waals surface area contributed by atoms with Gasteiger partial charge in [0.05, 0.1) is 13.7 Å². The van der Waals surface area contributed by atoms with E-state index in [4.69, 9.17) is 9.15 Å². The van der Waals surface area contributed by atoms with Gasteiger partial charge < -0.3 is 19.6 Å². The number of benzene rings is 2. The van der Waals surface area contributed by atoms with Crippen LogP contribution in [-0.2, 0) is 13.1 Å². The number of aromatic nitrogens is 1. The smallest absolute Gasteiger partial charge is 0.277 e. The first kappa shape index (κ1) is 22.8. The predicted molar refractivity (Wildman–Crippen MR) is 126 cm³/mol. The van der Waals surface area contributed by atoms with E-state index in [1.165, 1.54) is 11.8 Å². The molecule has 4 rings (SSSR count). The summed E-state index contributed by atoms with van der Waals surface area (Å²) in [4.78, 5) is 21.5. The van der Waals surface area contributed by atoms with Gasteiger partial charge in [-0.2, -0.15) is 0 Å². The fraction of sp³-hybridized carbons (Fsp3) is 0.360. The summed E-state index contributed by atoms with van der Waals surface area (Å²) < 4.78 is 10.8. The highest BCUT2D eigenvalue weighted by atomic mass is 16.5. The molecule has 0 bridgehead atoms. The number of rotatable bonds is 7. The molecule has 0 radical (unpaired) electrons. The standard InChI is InChI=1S/C25H30N4O4/c1-17-4-6-20(12-18(17)2)26-25(31)21-16-33-24(27-21)15-29-10-8-28(9-11-29)14-19-5-7-22(30)23(13-19)32-3/h4-7,12-13,16,30H,8-11,14-15H2,1-3H3,(H,26,31). The van der Waals surface area contributed by atoms with Gasteiger partial charge in [0.25, 0.3) is 5.91 Å². The molecule has 1 aliphatic rings. The number of piperazine rings is 1. The summed E-state index contributed by atoms with van der Waals surface area (Å²) in [5, 5.41) is 12.6. The Bertz CT molecular complexity index is 1120. The molecule has 2 heterocycles. The van der Waals surface area contributed by atoms with Crippen LogP contribution in [0.25, 0.3) is 0 Å². The van der Waals surface area contributed by atoms with Crippen molar-refractivity contribution in [3.05, 3.63) is 70.9 Å². The van der Waals surface area contributed by atoms with Crippen LogP contribution >= 0.6 is 0 Å². The number of nitrogens with zero attached hydrogens (tertiary/aromatic N) is 3. The summed E-state index contributed by atoms with van der Waals surface area (Å²) in [7, 11) is 1.55. The maximum Gasteiger partial charge on any atom is 0.277 e. The van der Waals surface area contributed by atoms with Gasteiger partial charge in [0.1, 0.15) is 6.26 Å². The van der Waals surface area contributed by atoms with E-state index in [9.17, 15) is 9.90 Å². The molecule has 1 aromatic heterocycles. The average molecular weight is 451 g/mol. The first-order valence-corrected chi connectivity index (χ1v) is 11.0. The summed E-state index contributed by atoms with van der Waals surface area (Å²) in [6.07, 6.45) is 1.42. The second-order valence-corrected chi connectivity index (χ2v) is 8.44. The van der Waals surface area contributed by atoms with Gasteiger partial charge in [-0.3, -0.25) is 14.6 Å². The first-order valence-electron chi connectivity index (χ1n) is 11.0. The molecule has 8 nitrogen and oxygen atoms in total. The van der Waals surface area contributed by atoms with Crippen LogP contribution in [0.15, 0.2) is 47.1 Å². The van der Waals surface area contributed by atoms with E-state index in [2.05, 4.69) is 20.1 Å². The van der Waals surface area contributed by atoms with Crippen molar-refractivity contribution in [3.63, 3.8) is 0 Å². The predicted octanol–water partition coefficient (Wildman–Crippen LogP) is 3.58. The topological polar surface area (TPSA) is 91.1 Å². The van der Waals surface area contributed by atoms with Crippen LogP contribution in [0.5, 0.6) is 11.5 Å². The quantitative estimate of drug-likeness (QED) is 0.569. The number of hydrogen-bond donors (Lipinski definition) is 2. The molecular weight excluding hydrogens is 420 g/mol. The van der Waals surface area contributed by atoms with Crippen molar-refractivity contribution in [2.75, 3.05) is 38.6 Å². The number of nitrogens with one attached hydrogen (secondary N) is 1. The lowest BCUT2D eigenvalue weighted by atomic mass is 10.1. The lowest BCUT2D eigenvalue weighted by molar-refractivity contribution is 0.102. The van der Waals surface area contributed by atoms with Crippen LogP contribution in [0.1, 0.15) is 33.1 Å². The van der Waals surface area contributed by atoms with Gasteiger partial charge in [-0.15, -0.1) is 0 Å². The Morgan fingerprint density at radius 1 is 1.06 bits per heavy atom. The summed E-state index contributed by atoms with van der Waals surface area (Å²) in [5.41, 5.74) is 4.43. The molecule has 2 N–H and O–H groups in total. The first-order chi connectivity index (χ1) is 15.9. The highest BCUT2D eigenvalue weighted by molar-refractivity contribution is 6.02. The third-order valence-electron chi connectivity index (χ3n) is 6.02. The zero-order valence-electron chi connectivity index (χ0n) is 19.3. The monoisotopic (exact) mass is 450 g/mol. The van der Waals surface area contributed by atoms with Crippen molar-refractivity contribution in [1.82, 2.24) is 14.8 Å². The zero-order chi connectivity index (χ0) is 23.4. The van der Waals surface area contributed by atoms with E-state index in [1.807, 2.05) is 44.2 Å². The second-order valence-electron chi connectivity index (χ2n) is 8.44. The summed E-state index contributed by atoms with van der Waals surface area (Å²) in [6, 6.07) is 11.3. The van der Waals surface area contributed by atoms with E-state index in [-0.39, 0.29) is 17.4 Å². The number of methoxy groups -OCH3 is 1. The van der Waals surface area contributed by atoms with Crippen LogP contribution in [0.4, 0.5) is 5.69 Å². The molecule has 0 aliphatic carbocycles. The molecule has 0 saturated carbocycles. The SMILES string of the molecule is COc1cc(CN2CCN(Cc3nc(C(=O)Nc4ccc(C)c(C)c4)co3)CC2)ccc1O. The Morgan fingerprint density at radius 3 is 2.48 bits per heavy atom. The van der Waals surface area contributed by atoms with E-state index < -0.39 is 0 Å². The minimum absolute atomic E-state index is 0.152. The fourth-order valence-corrected chi connectivity index (χ4v) is 3.88. The third-order valence-corrected chi connectivity index (χ3v) is 6.02. The molecule has 0 unspecified atom stereocenters. The number of aromatic hydroxyl groups is 1. The molecule has 1 amide bonds. The van der Waals surface area contributed by atoms with Crippen molar-refractivity contribution >= 4 is 11.6 Å². The number of phenolic OH excluding ortho intramolecular Hbond substituents is 1. The van der Waals surface area contributed by atoms with E-state index in [1.54, 1.807) is 13.2 Å². The largest absolute Gasteiger partial charge is 0.504 e. The molecular formula is C25H30N4O4. The molecule has 33 heavy (non-hydrogen) atoms. The maximum atomic E-state index is 12.5. The van der Waals surface area contributed by atoms with Crippen LogP contribution < -0.4 is 10.1 Å². The number of amides is 1. The van der Waals surface area contributed by atoms with Crippen molar-refractivity contribution in [1.29, 1.82) is 0 Å². The Hall–Kier alpha value is -3.36. The minimum atomic E-state index is -0.276. The van der Waals surface area contributed by atoms with Crippen molar-refractivity contribution in [2.45, 2.75) is 26.9 Å². The Balaban J connectivity index is 1.27.